The van der Waals surface area contributed by atoms with E-state index in [0.717, 1.165) is 18.0 Å². The van der Waals surface area contributed by atoms with Gasteiger partial charge in [0.15, 0.2) is 5.13 Å². The number of aliphatic hydroxyl groups excluding tert-OH is 1. The molecular weight excluding hydrogens is 306 g/mol. The van der Waals surface area contributed by atoms with Gasteiger partial charge in [-0.3, -0.25) is 10.2 Å². The van der Waals surface area contributed by atoms with Crippen LogP contribution < -0.4 is 5.32 Å². The van der Waals surface area contributed by atoms with Crippen LogP contribution in [0, 0.1) is 0 Å². The molecule has 1 aliphatic heterocycles. The van der Waals surface area contributed by atoms with Gasteiger partial charge in [0.05, 0.1) is 18.1 Å². The number of hydrogen-bond donors (Lipinski definition) is 2. The molecule has 2 heterocycles. The van der Waals surface area contributed by atoms with Crippen molar-refractivity contribution in [2.45, 2.75) is 32.5 Å². The zero-order valence-corrected chi connectivity index (χ0v) is 14.0. The van der Waals surface area contributed by atoms with E-state index in [0.29, 0.717) is 24.9 Å². The molecule has 0 radical (unpaired) electrons. The molecule has 0 bridgehead atoms. The number of β-amino-alcohol motifs (C(OH)–C–C–N with tert-alkyl or cyclic N) is 1. The third-order valence-corrected chi connectivity index (χ3v) is 4.01. The Labute approximate surface area is 134 Å². The molecular formula is C14H23N3O4S. The lowest BCUT2D eigenvalue weighted by Crippen LogP contribution is -2.38. The summed E-state index contributed by atoms with van der Waals surface area (Å²) in [7, 11) is 0. The Bertz CT molecular complexity index is 495. The summed E-state index contributed by atoms with van der Waals surface area (Å²) in [5.74, 6) is 0. The van der Waals surface area contributed by atoms with Gasteiger partial charge in [-0.05, 0) is 20.8 Å². The van der Waals surface area contributed by atoms with Crippen LogP contribution in [0.4, 0.5) is 9.93 Å². The van der Waals surface area contributed by atoms with Crippen LogP contribution in [-0.4, -0.2) is 59.5 Å². The van der Waals surface area contributed by atoms with Crippen molar-refractivity contribution in [1.82, 2.24) is 9.88 Å². The van der Waals surface area contributed by atoms with Crippen LogP contribution >= 0.6 is 11.3 Å². The summed E-state index contributed by atoms with van der Waals surface area (Å²) in [4.78, 5) is 18.6. The molecule has 0 spiro atoms. The Morgan fingerprint density at radius 2 is 2.23 bits per heavy atom. The average molecular weight is 329 g/mol. The summed E-state index contributed by atoms with van der Waals surface area (Å²) >= 11 is 1.25. The van der Waals surface area contributed by atoms with E-state index in [1.807, 2.05) is 0 Å². The number of nitrogens with zero attached hydrogens (tertiary/aromatic N) is 2. The summed E-state index contributed by atoms with van der Waals surface area (Å²) in [5.41, 5.74) is -0.556. The average Bonchev–Trinajstić information content (AvgIpc) is 2.86. The van der Waals surface area contributed by atoms with Crippen molar-refractivity contribution in [3.8, 4) is 0 Å². The third-order valence-electron chi connectivity index (χ3n) is 2.99. The van der Waals surface area contributed by atoms with E-state index in [9.17, 15) is 9.90 Å². The first-order valence-corrected chi connectivity index (χ1v) is 8.09. The zero-order chi connectivity index (χ0) is 16.2. The SMILES string of the molecule is CC(C)(C)OC(=O)Nc1ncc(C(O)CN2CCOCC2)s1. The lowest BCUT2D eigenvalue weighted by molar-refractivity contribution is 0.0149. The van der Waals surface area contributed by atoms with E-state index >= 15 is 0 Å². The fourth-order valence-corrected chi connectivity index (χ4v) is 2.79. The van der Waals surface area contributed by atoms with E-state index in [1.54, 1.807) is 27.0 Å². The second-order valence-electron chi connectivity index (χ2n) is 6.12. The maximum atomic E-state index is 11.7. The van der Waals surface area contributed by atoms with E-state index in [-0.39, 0.29) is 0 Å². The Hall–Kier alpha value is -1.22. The van der Waals surface area contributed by atoms with Crippen molar-refractivity contribution in [2.75, 3.05) is 38.2 Å². The van der Waals surface area contributed by atoms with Crippen LogP contribution in [0.2, 0.25) is 0 Å². The smallest absolute Gasteiger partial charge is 0.413 e. The van der Waals surface area contributed by atoms with Gasteiger partial charge in [-0.1, -0.05) is 11.3 Å². The van der Waals surface area contributed by atoms with Gasteiger partial charge in [0.25, 0.3) is 0 Å². The highest BCUT2D eigenvalue weighted by Gasteiger charge is 2.20. The van der Waals surface area contributed by atoms with Crippen molar-refractivity contribution in [2.24, 2.45) is 0 Å². The lowest BCUT2D eigenvalue weighted by Gasteiger charge is -2.28. The molecule has 1 unspecified atom stereocenters. The van der Waals surface area contributed by atoms with Crippen LogP contribution in [0.25, 0.3) is 0 Å². The van der Waals surface area contributed by atoms with Gasteiger partial charge < -0.3 is 14.6 Å². The number of carbonyl (C=O) groups is 1. The number of aromatic nitrogens is 1. The monoisotopic (exact) mass is 329 g/mol. The van der Waals surface area contributed by atoms with Gasteiger partial charge in [0.1, 0.15) is 11.7 Å². The standard InChI is InChI=1S/C14H23N3O4S/c1-14(2,3)21-13(19)16-12-15-8-11(22-12)10(18)9-17-4-6-20-7-5-17/h8,10,18H,4-7,9H2,1-3H3,(H,15,16,19). The largest absolute Gasteiger partial charge is 0.444 e. The number of amides is 1. The topological polar surface area (TPSA) is 83.9 Å². The van der Waals surface area contributed by atoms with E-state index in [1.165, 1.54) is 11.3 Å². The minimum atomic E-state index is -0.621. The number of ether oxygens (including phenoxy) is 2. The summed E-state index contributed by atoms with van der Waals surface area (Å²) in [6.07, 6.45) is 0.420. The second-order valence-corrected chi connectivity index (χ2v) is 7.19. The Balaban J connectivity index is 1.86. The highest BCUT2D eigenvalue weighted by Crippen LogP contribution is 2.25. The van der Waals surface area contributed by atoms with Crippen LogP contribution in [0.15, 0.2) is 6.20 Å². The molecule has 0 aromatic carbocycles. The Kier molecular flexibility index (Phi) is 5.74. The Morgan fingerprint density at radius 1 is 1.55 bits per heavy atom. The van der Waals surface area contributed by atoms with Crippen LogP contribution in [0.1, 0.15) is 31.8 Å². The number of rotatable bonds is 4. The second kappa shape index (κ2) is 7.36. The predicted molar refractivity (Wildman–Crippen MR) is 84.2 cm³/mol. The highest BCUT2D eigenvalue weighted by atomic mass is 32.1. The van der Waals surface area contributed by atoms with Gasteiger partial charge in [-0.25, -0.2) is 9.78 Å². The molecule has 2 N–H and O–H groups in total. The fraction of sp³-hybridized carbons (Fsp3) is 0.714. The van der Waals surface area contributed by atoms with Gasteiger partial charge in [0.2, 0.25) is 0 Å². The molecule has 1 aliphatic rings. The molecule has 2 rings (SSSR count). The number of morpholine rings is 1. The van der Waals surface area contributed by atoms with Crippen LogP contribution in [0.5, 0.6) is 0 Å². The molecule has 124 valence electrons. The summed E-state index contributed by atoms with van der Waals surface area (Å²) in [6.45, 7) is 8.96. The summed E-state index contributed by atoms with van der Waals surface area (Å²) in [6, 6.07) is 0. The van der Waals surface area contributed by atoms with Crippen LogP contribution in [0.3, 0.4) is 0 Å². The normalized spacial score (nSPS) is 18.0. The van der Waals surface area contributed by atoms with Crippen molar-refractivity contribution >= 4 is 22.6 Å². The van der Waals surface area contributed by atoms with Gasteiger partial charge in [0, 0.05) is 25.8 Å². The van der Waals surface area contributed by atoms with Crippen molar-refractivity contribution in [3.05, 3.63) is 11.1 Å². The molecule has 1 amide bonds. The maximum Gasteiger partial charge on any atom is 0.413 e. The minimum absolute atomic E-state index is 0.422. The maximum absolute atomic E-state index is 11.7. The molecule has 22 heavy (non-hydrogen) atoms. The third kappa shape index (κ3) is 5.53. The molecule has 1 fully saturated rings. The molecule has 1 saturated heterocycles. The number of anilines is 1. The predicted octanol–water partition coefficient (Wildman–Crippen LogP) is 1.86. The van der Waals surface area contributed by atoms with Gasteiger partial charge >= 0.3 is 6.09 Å². The zero-order valence-electron chi connectivity index (χ0n) is 13.2. The quantitative estimate of drug-likeness (QED) is 0.877. The number of carbonyl (C=O) groups excluding carboxylic acids is 1. The molecule has 0 saturated carbocycles. The first-order chi connectivity index (χ1) is 10.3. The lowest BCUT2D eigenvalue weighted by atomic mass is 10.2. The van der Waals surface area contributed by atoms with Gasteiger partial charge in [-0.2, -0.15) is 0 Å². The number of aliphatic hydroxyl groups is 1. The first-order valence-electron chi connectivity index (χ1n) is 7.27. The van der Waals surface area contributed by atoms with Gasteiger partial charge in [-0.15, -0.1) is 0 Å². The number of thiazole rings is 1. The van der Waals surface area contributed by atoms with E-state index < -0.39 is 17.8 Å². The number of nitrogens with one attached hydrogen (secondary N) is 1. The molecule has 1 aromatic heterocycles. The molecule has 1 atom stereocenters. The molecule has 0 aliphatic carbocycles. The van der Waals surface area contributed by atoms with Crippen molar-refractivity contribution in [1.29, 1.82) is 0 Å². The molecule has 8 heteroatoms. The van der Waals surface area contributed by atoms with Crippen LogP contribution in [-0.2, 0) is 9.47 Å². The van der Waals surface area contributed by atoms with E-state index in [2.05, 4.69) is 15.2 Å². The fourth-order valence-electron chi connectivity index (χ4n) is 2.01. The summed E-state index contributed by atoms with van der Waals surface area (Å²) in [5, 5.41) is 13.3. The molecule has 1 aromatic rings. The van der Waals surface area contributed by atoms with Crippen molar-refractivity contribution < 1.29 is 19.4 Å². The summed E-state index contributed by atoms with van der Waals surface area (Å²) < 4.78 is 10.4. The highest BCUT2D eigenvalue weighted by molar-refractivity contribution is 7.15. The van der Waals surface area contributed by atoms with Crippen molar-refractivity contribution in [3.63, 3.8) is 0 Å². The first kappa shape index (κ1) is 17.1. The number of hydrogen-bond acceptors (Lipinski definition) is 7. The van der Waals surface area contributed by atoms with E-state index in [4.69, 9.17) is 9.47 Å². The minimum Gasteiger partial charge on any atom is -0.444 e. The Morgan fingerprint density at radius 3 is 2.86 bits per heavy atom. The molecule has 7 nitrogen and oxygen atoms in total.